The molecule has 1 amide bonds. The number of hydrogen-bond acceptors (Lipinski definition) is 7. The van der Waals surface area contributed by atoms with E-state index in [0.717, 1.165) is 18.6 Å². The third-order valence-corrected chi connectivity index (χ3v) is 4.64. The molecule has 1 atom stereocenters. The molecule has 2 aromatic heterocycles. The van der Waals surface area contributed by atoms with Crippen molar-refractivity contribution in [3.05, 3.63) is 41.9 Å². The number of halogens is 3. The quantitative estimate of drug-likeness (QED) is 0.637. The fraction of sp³-hybridized carbons (Fsp3) is 0.389. The van der Waals surface area contributed by atoms with E-state index in [4.69, 9.17) is 4.52 Å². The minimum atomic E-state index is -4.82. The summed E-state index contributed by atoms with van der Waals surface area (Å²) in [5.74, 6) is -0.0746. The molecule has 9 nitrogen and oxygen atoms in total. The summed E-state index contributed by atoms with van der Waals surface area (Å²) in [6.07, 6.45) is -1.65. The standard InChI is InChI=1S/C18H17F3N6O3/c1-11-22-16(24-30-11)15-10-27(25-23-15)13-5-3-7-26(9-13)17(28)12-4-2-6-14(8-12)29-18(19,20)21/h2,4,6,8,10,13H,3,5,7,9H2,1H3. The molecule has 1 fully saturated rings. The van der Waals surface area contributed by atoms with E-state index in [9.17, 15) is 18.0 Å². The lowest BCUT2D eigenvalue weighted by atomic mass is 10.0. The van der Waals surface area contributed by atoms with E-state index >= 15 is 0 Å². The second-order valence-corrected chi connectivity index (χ2v) is 6.84. The number of aromatic nitrogens is 5. The topological polar surface area (TPSA) is 99.2 Å². The second kappa shape index (κ2) is 7.76. The lowest BCUT2D eigenvalue weighted by molar-refractivity contribution is -0.274. The van der Waals surface area contributed by atoms with Gasteiger partial charge in [-0.15, -0.1) is 18.3 Å². The number of hydrogen-bond donors (Lipinski definition) is 0. The van der Waals surface area contributed by atoms with Gasteiger partial charge in [-0.2, -0.15) is 4.98 Å². The summed E-state index contributed by atoms with van der Waals surface area (Å²) in [6, 6.07) is 4.92. The zero-order valence-electron chi connectivity index (χ0n) is 15.8. The molecular weight excluding hydrogens is 405 g/mol. The Morgan fingerprint density at radius 2 is 2.17 bits per heavy atom. The van der Waals surface area contributed by atoms with Crippen molar-refractivity contribution in [2.24, 2.45) is 0 Å². The molecule has 4 rings (SSSR count). The van der Waals surface area contributed by atoms with Gasteiger partial charge in [-0.25, -0.2) is 4.68 Å². The van der Waals surface area contributed by atoms with Gasteiger partial charge in [0.1, 0.15) is 5.75 Å². The normalized spacial score (nSPS) is 17.2. The Morgan fingerprint density at radius 1 is 1.33 bits per heavy atom. The Labute approximate surface area is 168 Å². The van der Waals surface area contributed by atoms with Crippen molar-refractivity contribution in [2.75, 3.05) is 13.1 Å². The van der Waals surface area contributed by atoms with Crippen LogP contribution in [0.1, 0.15) is 35.1 Å². The predicted molar refractivity (Wildman–Crippen MR) is 95.4 cm³/mol. The first-order chi connectivity index (χ1) is 14.3. The molecule has 1 saturated heterocycles. The first-order valence-electron chi connectivity index (χ1n) is 9.16. The van der Waals surface area contributed by atoms with Gasteiger partial charge in [0.05, 0.1) is 12.2 Å². The maximum Gasteiger partial charge on any atom is 0.573 e. The van der Waals surface area contributed by atoms with Crippen molar-refractivity contribution in [3.63, 3.8) is 0 Å². The zero-order valence-corrected chi connectivity index (χ0v) is 15.8. The molecule has 0 radical (unpaired) electrons. The van der Waals surface area contributed by atoms with Crippen molar-refractivity contribution >= 4 is 5.91 Å². The number of benzene rings is 1. The monoisotopic (exact) mass is 422 g/mol. The second-order valence-electron chi connectivity index (χ2n) is 6.84. The molecule has 1 aromatic carbocycles. The van der Waals surface area contributed by atoms with Gasteiger partial charge in [-0.05, 0) is 31.0 Å². The molecular formula is C18H17F3N6O3. The average Bonchev–Trinajstić information content (AvgIpc) is 3.35. The lowest BCUT2D eigenvalue weighted by Crippen LogP contribution is -2.40. The summed E-state index contributed by atoms with van der Waals surface area (Å²) in [6.45, 7) is 2.50. The van der Waals surface area contributed by atoms with Crippen molar-refractivity contribution in [1.29, 1.82) is 0 Å². The van der Waals surface area contributed by atoms with Crippen LogP contribution >= 0.6 is 0 Å². The van der Waals surface area contributed by atoms with Crippen LogP contribution in [-0.4, -0.2) is 55.4 Å². The van der Waals surface area contributed by atoms with Crippen molar-refractivity contribution in [3.8, 4) is 17.3 Å². The number of alkyl halides is 3. The van der Waals surface area contributed by atoms with E-state index in [-0.39, 0.29) is 17.5 Å². The lowest BCUT2D eigenvalue weighted by Gasteiger charge is -2.32. The third kappa shape index (κ3) is 4.42. The van der Waals surface area contributed by atoms with Gasteiger partial charge in [0, 0.05) is 25.6 Å². The summed E-state index contributed by atoms with van der Waals surface area (Å²) in [5, 5.41) is 12.0. The van der Waals surface area contributed by atoms with Gasteiger partial charge in [0.15, 0.2) is 5.69 Å². The molecule has 1 aliphatic rings. The summed E-state index contributed by atoms with van der Waals surface area (Å²) < 4.78 is 47.8. The number of aryl methyl sites for hydroxylation is 1. The molecule has 30 heavy (non-hydrogen) atoms. The number of likely N-dealkylation sites (tertiary alicyclic amines) is 1. The van der Waals surface area contributed by atoms with E-state index in [1.165, 1.54) is 12.1 Å². The molecule has 3 heterocycles. The molecule has 0 aliphatic carbocycles. The van der Waals surface area contributed by atoms with Crippen LogP contribution in [-0.2, 0) is 0 Å². The SMILES string of the molecule is Cc1nc(-c2cn(C3CCCN(C(=O)c4cccc(OC(F)(F)F)c4)C3)nn2)no1. The number of amides is 1. The predicted octanol–water partition coefficient (Wildman–Crippen LogP) is 3.01. The van der Waals surface area contributed by atoms with Crippen LogP contribution in [0.25, 0.3) is 11.5 Å². The van der Waals surface area contributed by atoms with E-state index < -0.39 is 12.1 Å². The van der Waals surface area contributed by atoms with E-state index in [1.807, 2.05) is 0 Å². The van der Waals surface area contributed by atoms with Crippen molar-refractivity contribution < 1.29 is 27.2 Å². The zero-order chi connectivity index (χ0) is 21.3. The number of piperidine rings is 1. The molecule has 1 aliphatic heterocycles. The number of rotatable bonds is 4. The fourth-order valence-electron chi connectivity index (χ4n) is 3.32. The Balaban J connectivity index is 1.47. The highest BCUT2D eigenvalue weighted by Gasteiger charge is 2.32. The molecule has 0 spiro atoms. The van der Waals surface area contributed by atoms with Gasteiger partial charge in [-0.1, -0.05) is 16.4 Å². The van der Waals surface area contributed by atoms with Crippen LogP contribution in [0.15, 0.2) is 35.0 Å². The van der Waals surface area contributed by atoms with Gasteiger partial charge in [0.25, 0.3) is 5.91 Å². The number of ether oxygens (including phenoxy) is 1. The Hall–Kier alpha value is -3.44. The smallest absolute Gasteiger partial charge is 0.406 e. The molecule has 0 N–H and O–H groups in total. The van der Waals surface area contributed by atoms with Gasteiger partial charge in [0.2, 0.25) is 11.7 Å². The van der Waals surface area contributed by atoms with E-state index in [0.29, 0.717) is 36.9 Å². The highest BCUT2D eigenvalue weighted by molar-refractivity contribution is 5.94. The number of carbonyl (C=O) groups excluding carboxylic acids is 1. The number of carbonyl (C=O) groups is 1. The van der Waals surface area contributed by atoms with Crippen LogP contribution in [0.5, 0.6) is 5.75 Å². The van der Waals surface area contributed by atoms with Crippen LogP contribution in [0, 0.1) is 6.92 Å². The Bertz CT molecular complexity index is 1050. The van der Waals surface area contributed by atoms with Crippen LogP contribution in [0.3, 0.4) is 0 Å². The molecule has 12 heteroatoms. The summed E-state index contributed by atoms with van der Waals surface area (Å²) in [4.78, 5) is 18.5. The van der Waals surface area contributed by atoms with Crippen LogP contribution in [0.4, 0.5) is 13.2 Å². The minimum absolute atomic E-state index is 0.124. The van der Waals surface area contributed by atoms with Gasteiger partial charge < -0.3 is 14.2 Å². The summed E-state index contributed by atoms with van der Waals surface area (Å²) in [5.41, 5.74) is 0.575. The first-order valence-corrected chi connectivity index (χ1v) is 9.16. The van der Waals surface area contributed by atoms with E-state index in [1.54, 1.807) is 22.7 Å². The van der Waals surface area contributed by atoms with Crippen molar-refractivity contribution in [2.45, 2.75) is 32.2 Å². The van der Waals surface area contributed by atoms with Gasteiger partial charge >= 0.3 is 6.36 Å². The van der Waals surface area contributed by atoms with Crippen molar-refractivity contribution in [1.82, 2.24) is 30.0 Å². The Kier molecular flexibility index (Phi) is 5.14. The maximum absolute atomic E-state index is 12.8. The highest BCUT2D eigenvalue weighted by Crippen LogP contribution is 2.26. The first kappa shape index (κ1) is 19.9. The average molecular weight is 422 g/mol. The molecule has 158 valence electrons. The molecule has 0 bridgehead atoms. The Morgan fingerprint density at radius 3 is 2.90 bits per heavy atom. The van der Waals surface area contributed by atoms with Crippen LogP contribution in [0.2, 0.25) is 0 Å². The number of nitrogens with zero attached hydrogens (tertiary/aromatic N) is 6. The van der Waals surface area contributed by atoms with Gasteiger partial charge in [-0.3, -0.25) is 4.79 Å². The van der Waals surface area contributed by atoms with E-state index in [2.05, 4.69) is 25.2 Å². The molecule has 3 aromatic rings. The largest absolute Gasteiger partial charge is 0.573 e. The fourth-order valence-corrected chi connectivity index (χ4v) is 3.32. The summed E-state index contributed by atoms with van der Waals surface area (Å²) in [7, 11) is 0. The summed E-state index contributed by atoms with van der Waals surface area (Å²) >= 11 is 0. The molecule has 0 saturated carbocycles. The van der Waals surface area contributed by atoms with Crippen LogP contribution < -0.4 is 4.74 Å². The third-order valence-electron chi connectivity index (χ3n) is 4.64. The highest BCUT2D eigenvalue weighted by atomic mass is 19.4. The minimum Gasteiger partial charge on any atom is -0.406 e. The molecule has 1 unspecified atom stereocenters. The maximum atomic E-state index is 12.8.